The third kappa shape index (κ3) is 3.64. The Morgan fingerprint density at radius 1 is 1.28 bits per heavy atom. The molecule has 1 aliphatic carbocycles. The zero-order valence-electron chi connectivity index (χ0n) is 12.1. The fraction of sp³-hybridized carbons (Fsp3) is 1.00. The summed E-state index contributed by atoms with van der Waals surface area (Å²) >= 11 is 2.16. The van der Waals surface area contributed by atoms with Gasteiger partial charge in [0.15, 0.2) is 0 Å². The van der Waals surface area contributed by atoms with E-state index in [1.54, 1.807) is 0 Å². The van der Waals surface area contributed by atoms with Gasteiger partial charge in [-0.05, 0) is 31.1 Å². The second-order valence-corrected chi connectivity index (χ2v) is 7.63. The van der Waals surface area contributed by atoms with Crippen LogP contribution in [-0.2, 0) is 0 Å². The fourth-order valence-electron chi connectivity index (χ4n) is 3.60. The highest BCUT2D eigenvalue weighted by Crippen LogP contribution is 2.33. The zero-order valence-corrected chi connectivity index (χ0v) is 12.9. The van der Waals surface area contributed by atoms with Gasteiger partial charge in [0.1, 0.15) is 0 Å². The normalized spacial score (nSPS) is 36.5. The van der Waals surface area contributed by atoms with Gasteiger partial charge in [-0.15, -0.1) is 0 Å². The van der Waals surface area contributed by atoms with Crippen molar-refractivity contribution in [2.24, 2.45) is 17.6 Å². The molecular weight excluding hydrogens is 240 g/mol. The average Bonchev–Trinajstić information content (AvgIpc) is 2.42. The third-order valence-corrected chi connectivity index (χ3v) is 6.31. The smallest absolute Gasteiger partial charge is 0.0247 e. The summed E-state index contributed by atoms with van der Waals surface area (Å²) in [6, 6.07) is 0.660. The van der Waals surface area contributed by atoms with Crippen molar-refractivity contribution >= 4 is 11.8 Å². The van der Waals surface area contributed by atoms with E-state index in [0.29, 0.717) is 6.04 Å². The zero-order chi connectivity index (χ0) is 13.0. The molecule has 1 aliphatic heterocycles. The van der Waals surface area contributed by atoms with E-state index in [-0.39, 0.29) is 0 Å². The number of hydrogen-bond donors (Lipinski definition) is 1. The first kappa shape index (κ1) is 14.7. The van der Waals surface area contributed by atoms with Crippen LogP contribution in [0, 0.1) is 11.8 Å². The molecule has 0 aromatic heterocycles. The van der Waals surface area contributed by atoms with Gasteiger partial charge in [0, 0.05) is 36.7 Å². The molecule has 2 unspecified atom stereocenters. The summed E-state index contributed by atoms with van der Waals surface area (Å²) in [5, 5.41) is 0.843. The summed E-state index contributed by atoms with van der Waals surface area (Å²) in [4.78, 5) is 2.71. The predicted molar refractivity (Wildman–Crippen MR) is 82.1 cm³/mol. The topological polar surface area (TPSA) is 29.3 Å². The molecule has 0 radical (unpaired) electrons. The predicted octanol–water partition coefficient (Wildman–Crippen LogP) is 2.97. The van der Waals surface area contributed by atoms with Crippen molar-refractivity contribution in [1.82, 2.24) is 4.90 Å². The van der Waals surface area contributed by atoms with E-state index in [9.17, 15) is 0 Å². The van der Waals surface area contributed by atoms with E-state index in [1.807, 2.05) is 0 Å². The molecule has 0 spiro atoms. The Kier molecular flexibility index (Phi) is 5.84. The van der Waals surface area contributed by atoms with Gasteiger partial charge in [0.2, 0.25) is 0 Å². The molecular formula is C15H30N2S. The lowest BCUT2D eigenvalue weighted by atomic mass is 9.78. The summed E-state index contributed by atoms with van der Waals surface area (Å²) in [5.74, 6) is 3.12. The maximum atomic E-state index is 6.11. The summed E-state index contributed by atoms with van der Waals surface area (Å²) in [6.07, 6.45) is 6.95. The lowest BCUT2D eigenvalue weighted by molar-refractivity contribution is 0.114. The highest BCUT2D eigenvalue weighted by molar-refractivity contribution is 8.00. The number of thioether (sulfide) groups is 1. The first-order chi connectivity index (χ1) is 8.74. The Morgan fingerprint density at radius 3 is 2.61 bits per heavy atom. The van der Waals surface area contributed by atoms with Gasteiger partial charge in [-0.25, -0.2) is 0 Å². The second kappa shape index (κ2) is 7.16. The van der Waals surface area contributed by atoms with Crippen molar-refractivity contribution < 1.29 is 0 Å². The van der Waals surface area contributed by atoms with Crippen LogP contribution >= 0.6 is 11.8 Å². The van der Waals surface area contributed by atoms with Crippen LogP contribution < -0.4 is 5.73 Å². The number of hydrogen-bond acceptors (Lipinski definition) is 3. The quantitative estimate of drug-likeness (QED) is 0.851. The van der Waals surface area contributed by atoms with Crippen LogP contribution in [0.3, 0.4) is 0 Å². The monoisotopic (exact) mass is 270 g/mol. The molecule has 0 aromatic carbocycles. The number of nitrogens with zero attached hydrogens (tertiary/aromatic N) is 1. The lowest BCUT2D eigenvalue weighted by Crippen LogP contribution is -2.51. The van der Waals surface area contributed by atoms with E-state index < -0.39 is 0 Å². The molecule has 2 atom stereocenters. The van der Waals surface area contributed by atoms with Crippen LogP contribution in [0.15, 0.2) is 0 Å². The Labute approximate surface area is 117 Å². The maximum Gasteiger partial charge on any atom is 0.0247 e. The second-order valence-electron chi connectivity index (χ2n) is 6.22. The highest BCUT2D eigenvalue weighted by Gasteiger charge is 2.32. The van der Waals surface area contributed by atoms with Crippen LogP contribution in [0.5, 0.6) is 0 Å². The molecule has 18 heavy (non-hydrogen) atoms. The van der Waals surface area contributed by atoms with Crippen molar-refractivity contribution in [3.05, 3.63) is 0 Å². The number of nitrogens with two attached hydrogens (primary N) is 1. The molecule has 0 aromatic rings. The first-order valence-corrected chi connectivity index (χ1v) is 8.85. The molecule has 1 heterocycles. The summed E-state index contributed by atoms with van der Waals surface area (Å²) in [5.41, 5.74) is 6.11. The van der Waals surface area contributed by atoms with E-state index in [2.05, 4.69) is 30.5 Å². The molecule has 106 valence electrons. The van der Waals surface area contributed by atoms with E-state index in [0.717, 1.165) is 23.6 Å². The van der Waals surface area contributed by atoms with Crippen molar-refractivity contribution in [3.8, 4) is 0 Å². The fourth-order valence-corrected chi connectivity index (χ4v) is 4.81. The van der Waals surface area contributed by atoms with E-state index >= 15 is 0 Å². The van der Waals surface area contributed by atoms with Crippen LogP contribution in [0.25, 0.3) is 0 Å². The largest absolute Gasteiger partial charge is 0.329 e. The van der Waals surface area contributed by atoms with Crippen molar-refractivity contribution in [3.63, 3.8) is 0 Å². The minimum Gasteiger partial charge on any atom is -0.329 e. The molecule has 2 N–H and O–H groups in total. The van der Waals surface area contributed by atoms with Crippen molar-refractivity contribution in [2.75, 3.05) is 25.4 Å². The Bertz CT molecular complexity index is 239. The van der Waals surface area contributed by atoms with Crippen LogP contribution in [0.4, 0.5) is 0 Å². The molecule has 0 bridgehead atoms. The molecule has 3 heteroatoms. The Morgan fingerprint density at radius 2 is 2.00 bits per heavy atom. The molecule has 1 saturated heterocycles. The van der Waals surface area contributed by atoms with Crippen LogP contribution in [0.1, 0.15) is 46.0 Å². The summed E-state index contributed by atoms with van der Waals surface area (Å²) < 4.78 is 0. The van der Waals surface area contributed by atoms with Gasteiger partial charge in [0.05, 0.1) is 0 Å². The van der Waals surface area contributed by atoms with Gasteiger partial charge in [-0.2, -0.15) is 11.8 Å². The van der Waals surface area contributed by atoms with E-state index in [4.69, 9.17) is 5.73 Å². The van der Waals surface area contributed by atoms with Gasteiger partial charge in [-0.3, -0.25) is 4.90 Å². The SMILES string of the molecule is CCC1CN(C(CN)C2CCC(C)CC2)CCS1. The standard InChI is InChI=1S/C15H30N2S/c1-3-14-11-17(8-9-18-14)15(10-16)13-6-4-12(2)5-7-13/h12-15H,3-11,16H2,1-2H3. The van der Waals surface area contributed by atoms with Crippen molar-refractivity contribution in [2.45, 2.75) is 57.2 Å². The first-order valence-electron chi connectivity index (χ1n) is 7.80. The summed E-state index contributed by atoms with van der Waals surface area (Å²) in [7, 11) is 0. The molecule has 0 amide bonds. The van der Waals surface area contributed by atoms with E-state index in [1.165, 1.54) is 50.9 Å². The van der Waals surface area contributed by atoms with Gasteiger partial charge >= 0.3 is 0 Å². The third-order valence-electron chi connectivity index (χ3n) is 4.94. The molecule has 2 fully saturated rings. The van der Waals surface area contributed by atoms with Gasteiger partial charge in [-0.1, -0.05) is 26.7 Å². The van der Waals surface area contributed by atoms with Crippen molar-refractivity contribution in [1.29, 1.82) is 0 Å². The Balaban J connectivity index is 1.91. The highest BCUT2D eigenvalue weighted by atomic mass is 32.2. The molecule has 2 aliphatic rings. The average molecular weight is 270 g/mol. The maximum absolute atomic E-state index is 6.11. The lowest BCUT2D eigenvalue weighted by Gasteiger charge is -2.42. The van der Waals surface area contributed by atoms with Gasteiger partial charge in [0.25, 0.3) is 0 Å². The minimum absolute atomic E-state index is 0.660. The Hall–Kier alpha value is 0.270. The van der Waals surface area contributed by atoms with Crippen LogP contribution in [0.2, 0.25) is 0 Å². The number of rotatable bonds is 4. The molecule has 2 nitrogen and oxygen atoms in total. The molecule has 1 saturated carbocycles. The van der Waals surface area contributed by atoms with Gasteiger partial charge < -0.3 is 5.73 Å². The summed E-state index contributed by atoms with van der Waals surface area (Å²) in [6.45, 7) is 8.11. The van der Waals surface area contributed by atoms with Crippen LogP contribution in [-0.4, -0.2) is 41.6 Å². The minimum atomic E-state index is 0.660. The molecule has 2 rings (SSSR count).